The molecule has 0 spiro atoms. The van der Waals surface area contributed by atoms with Crippen LogP contribution in [-0.2, 0) is 4.74 Å². The van der Waals surface area contributed by atoms with E-state index in [1.165, 1.54) is 0 Å². The number of morpholine rings is 1. The van der Waals surface area contributed by atoms with E-state index >= 15 is 0 Å². The van der Waals surface area contributed by atoms with Crippen LogP contribution in [0.25, 0.3) is 16.9 Å². The molecule has 6 nitrogen and oxygen atoms in total. The number of benzene rings is 2. The van der Waals surface area contributed by atoms with Crippen LogP contribution in [0.2, 0.25) is 0 Å². The number of nitrogens with one attached hydrogen (secondary N) is 1. The number of carbonyl (C=O) groups is 1. The van der Waals surface area contributed by atoms with Crippen molar-refractivity contribution in [2.45, 2.75) is 6.92 Å². The molecule has 1 saturated heterocycles. The molecule has 29 heavy (non-hydrogen) atoms. The average molecular weight is 407 g/mol. The Labute approximate surface area is 175 Å². The van der Waals surface area contributed by atoms with Gasteiger partial charge in [0.15, 0.2) is 5.11 Å². The van der Waals surface area contributed by atoms with Gasteiger partial charge < -0.3 is 9.64 Å². The van der Waals surface area contributed by atoms with Gasteiger partial charge in [-0.2, -0.15) is 5.10 Å². The molecule has 2 aromatic carbocycles. The summed E-state index contributed by atoms with van der Waals surface area (Å²) in [5.41, 5.74) is 4.02. The minimum absolute atomic E-state index is 0.265. The summed E-state index contributed by atoms with van der Waals surface area (Å²) in [5, 5.41) is 7.98. The smallest absolute Gasteiger partial charge is 0.261 e. The highest BCUT2D eigenvalue weighted by molar-refractivity contribution is 7.80. The number of thiocarbonyl (C=S) groups is 1. The molecule has 1 aliphatic rings. The third-order valence-electron chi connectivity index (χ3n) is 4.82. The van der Waals surface area contributed by atoms with Crippen LogP contribution in [0.15, 0.2) is 60.8 Å². The van der Waals surface area contributed by atoms with Crippen LogP contribution in [-0.4, -0.2) is 52.0 Å². The van der Waals surface area contributed by atoms with Crippen LogP contribution in [0, 0.1) is 6.92 Å². The third kappa shape index (κ3) is 4.36. The number of aryl methyl sites for hydroxylation is 1. The minimum atomic E-state index is -0.265. The highest BCUT2D eigenvalue weighted by Crippen LogP contribution is 2.24. The average Bonchev–Trinajstić information content (AvgIpc) is 3.21. The first kappa shape index (κ1) is 19.3. The van der Waals surface area contributed by atoms with E-state index in [0.717, 1.165) is 16.8 Å². The molecule has 0 atom stereocenters. The highest BCUT2D eigenvalue weighted by Gasteiger charge is 2.22. The van der Waals surface area contributed by atoms with E-state index in [1.54, 1.807) is 10.9 Å². The Hall–Kier alpha value is -3.03. The maximum absolute atomic E-state index is 13.1. The molecular formula is C22H22N4O2S. The monoisotopic (exact) mass is 406 g/mol. The molecule has 1 N–H and O–H groups in total. The van der Waals surface area contributed by atoms with E-state index in [2.05, 4.69) is 5.32 Å². The topological polar surface area (TPSA) is 59.4 Å². The van der Waals surface area contributed by atoms with Gasteiger partial charge in [-0.15, -0.1) is 0 Å². The highest BCUT2D eigenvalue weighted by atomic mass is 32.1. The largest absolute Gasteiger partial charge is 0.378 e. The molecule has 0 radical (unpaired) electrons. The zero-order valence-electron chi connectivity index (χ0n) is 16.2. The molecule has 1 aliphatic heterocycles. The standard InChI is InChI=1S/C22H22N4O2S/c1-16-7-9-17(10-8-16)20-19(15-26(24-20)18-5-3-2-4-6-18)21(27)23-22(29)25-11-13-28-14-12-25/h2-10,15H,11-14H2,1H3,(H,23,27,29). The van der Waals surface area contributed by atoms with Crippen LogP contribution < -0.4 is 5.32 Å². The van der Waals surface area contributed by atoms with E-state index in [1.807, 2.05) is 66.4 Å². The number of carbonyl (C=O) groups excluding carboxylic acids is 1. The van der Waals surface area contributed by atoms with Crippen molar-refractivity contribution < 1.29 is 9.53 Å². The molecule has 0 unspecified atom stereocenters. The summed E-state index contributed by atoms with van der Waals surface area (Å²) in [6.45, 7) is 4.59. The van der Waals surface area contributed by atoms with Gasteiger partial charge in [0.1, 0.15) is 5.69 Å². The van der Waals surface area contributed by atoms with Gasteiger partial charge >= 0.3 is 0 Å². The lowest BCUT2D eigenvalue weighted by Crippen LogP contribution is -2.47. The Morgan fingerprint density at radius 3 is 2.45 bits per heavy atom. The van der Waals surface area contributed by atoms with Gasteiger partial charge in [0, 0.05) is 24.8 Å². The number of ether oxygens (including phenoxy) is 1. The predicted molar refractivity (Wildman–Crippen MR) is 116 cm³/mol. The molecule has 148 valence electrons. The quantitative estimate of drug-likeness (QED) is 0.677. The number of hydrogen-bond donors (Lipinski definition) is 1. The zero-order valence-corrected chi connectivity index (χ0v) is 17.0. The van der Waals surface area contributed by atoms with Crippen molar-refractivity contribution in [1.82, 2.24) is 20.0 Å². The molecule has 3 aromatic rings. The van der Waals surface area contributed by atoms with Gasteiger partial charge in [-0.1, -0.05) is 48.0 Å². The first-order valence-electron chi connectivity index (χ1n) is 9.52. The summed E-state index contributed by atoms with van der Waals surface area (Å²) in [5.74, 6) is -0.265. The number of aromatic nitrogens is 2. The number of para-hydroxylation sites is 1. The summed E-state index contributed by atoms with van der Waals surface area (Å²) in [6, 6.07) is 17.7. The van der Waals surface area contributed by atoms with Crippen molar-refractivity contribution in [3.8, 4) is 16.9 Å². The summed E-state index contributed by atoms with van der Waals surface area (Å²) in [4.78, 5) is 15.0. The van der Waals surface area contributed by atoms with Crippen molar-refractivity contribution in [3.63, 3.8) is 0 Å². The second-order valence-electron chi connectivity index (χ2n) is 6.90. The fourth-order valence-corrected chi connectivity index (χ4v) is 3.46. The van der Waals surface area contributed by atoms with Gasteiger partial charge in [-0.3, -0.25) is 10.1 Å². The molecule has 1 aromatic heterocycles. The molecule has 2 heterocycles. The van der Waals surface area contributed by atoms with Crippen LogP contribution in [0.1, 0.15) is 15.9 Å². The lowest BCUT2D eigenvalue weighted by Gasteiger charge is -2.28. The molecule has 7 heteroatoms. The molecule has 1 fully saturated rings. The fraction of sp³-hybridized carbons (Fsp3) is 0.227. The fourth-order valence-electron chi connectivity index (χ4n) is 3.19. The third-order valence-corrected chi connectivity index (χ3v) is 5.18. The van der Waals surface area contributed by atoms with Crippen molar-refractivity contribution in [2.75, 3.05) is 26.3 Å². The zero-order chi connectivity index (χ0) is 20.2. The van der Waals surface area contributed by atoms with Crippen LogP contribution in [0.4, 0.5) is 0 Å². The van der Waals surface area contributed by atoms with Crippen molar-refractivity contribution >= 4 is 23.2 Å². The molecule has 0 aliphatic carbocycles. The van der Waals surface area contributed by atoms with Crippen molar-refractivity contribution in [2.24, 2.45) is 0 Å². The lowest BCUT2D eigenvalue weighted by atomic mass is 10.1. The maximum atomic E-state index is 13.1. The molecule has 4 rings (SSSR count). The van der Waals surface area contributed by atoms with Crippen LogP contribution in [0.5, 0.6) is 0 Å². The van der Waals surface area contributed by atoms with E-state index in [9.17, 15) is 4.79 Å². The number of rotatable bonds is 3. The molecule has 0 saturated carbocycles. The van der Waals surface area contributed by atoms with Crippen LogP contribution in [0.3, 0.4) is 0 Å². The Balaban J connectivity index is 1.66. The van der Waals surface area contributed by atoms with Crippen LogP contribution >= 0.6 is 12.2 Å². The predicted octanol–water partition coefficient (Wildman–Crippen LogP) is 3.19. The summed E-state index contributed by atoms with van der Waals surface area (Å²) < 4.78 is 7.08. The van der Waals surface area contributed by atoms with Crippen molar-refractivity contribution in [3.05, 3.63) is 71.9 Å². The molecular weight excluding hydrogens is 384 g/mol. The Bertz CT molecular complexity index is 1010. The van der Waals surface area contributed by atoms with E-state index in [-0.39, 0.29) is 5.91 Å². The minimum Gasteiger partial charge on any atom is -0.378 e. The Morgan fingerprint density at radius 2 is 1.76 bits per heavy atom. The van der Waals surface area contributed by atoms with Gasteiger partial charge in [0.2, 0.25) is 0 Å². The second-order valence-corrected chi connectivity index (χ2v) is 7.28. The lowest BCUT2D eigenvalue weighted by molar-refractivity contribution is 0.0669. The van der Waals surface area contributed by atoms with E-state index < -0.39 is 0 Å². The SMILES string of the molecule is Cc1ccc(-c2nn(-c3ccccc3)cc2C(=O)NC(=S)N2CCOCC2)cc1. The molecule has 1 amide bonds. The first-order chi connectivity index (χ1) is 14.1. The summed E-state index contributed by atoms with van der Waals surface area (Å²) >= 11 is 5.44. The van der Waals surface area contributed by atoms with Gasteiger partial charge in [-0.05, 0) is 31.3 Å². The number of hydrogen-bond acceptors (Lipinski definition) is 4. The summed E-state index contributed by atoms with van der Waals surface area (Å²) in [6.07, 6.45) is 1.75. The van der Waals surface area contributed by atoms with Crippen molar-refractivity contribution in [1.29, 1.82) is 0 Å². The van der Waals surface area contributed by atoms with Gasteiger partial charge in [-0.25, -0.2) is 4.68 Å². The van der Waals surface area contributed by atoms with Gasteiger partial charge in [0.05, 0.1) is 24.5 Å². The van der Waals surface area contributed by atoms with E-state index in [0.29, 0.717) is 42.7 Å². The molecule has 0 bridgehead atoms. The number of amides is 1. The maximum Gasteiger partial charge on any atom is 0.261 e. The van der Waals surface area contributed by atoms with Gasteiger partial charge in [0.25, 0.3) is 5.91 Å². The normalized spacial score (nSPS) is 13.9. The Kier molecular flexibility index (Phi) is 5.69. The van der Waals surface area contributed by atoms with E-state index in [4.69, 9.17) is 22.1 Å². The number of nitrogens with zero attached hydrogens (tertiary/aromatic N) is 3. The summed E-state index contributed by atoms with van der Waals surface area (Å²) in [7, 11) is 0. The Morgan fingerprint density at radius 1 is 1.07 bits per heavy atom. The first-order valence-corrected chi connectivity index (χ1v) is 9.93. The second kappa shape index (κ2) is 8.55.